The summed E-state index contributed by atoms with van der Waals surface area (Å²) in [5, 5.41) is 7.57. The Morgan fingerprint density at radius 2 is 1.08 bits per heavy atom. The monoisotopic (exact) mass is 642 g/mol. The van der Waals surface area contributed by atoms with Crippen molar-refractivity contribution in [3.63, 3.8) is 0 Å². The van der Waals surface area contributed by atoms with Crippen molar-refractivity contribution in [1.29, 1.82) is 0 Å². The molecule has 230 valence electrons. The maximum absolute atomic E-state index is 2.45. The third kappa shape index (κ3) is 4.55. The summed E-state index contributed by atoms with van der Waals surface area (Å²) < 4.78 is 4.98. The predicted octanol–water partition coefficient (Wildman–Crippen LogP) is 13.4. The molecule has 0 N–H and O–H groups in total. The van der Waals surface area contributed by atoms with Crippen molar-refractivity contribution < 1.29 is 0 Å². The zero-order chi connectivity index (χ0) is 32.3. The molecule has 0 aliphatic carbocycles. The maximum Gasteiger partial charge on any atom is 0.0542 e. The van der Waals surface area contributed by atoms with E-state index in [0.29, 0.717) is 0 Å². The molecule has 3 heteroatoms. The number of para-hydroxylation sites is 3. The van der Waals surface area contributed by atoms with E-state index in [0.717, 1.165) is 22.7 Å². The fourth-order valence-corrected chi connectivity index (χ4v) is 8.64. The average molecular weight is 643 g/mol. The summed E-state index contributed by atoms with van der Waals surface area (Å²) in [4.78, 5) is 2.45. The van der Waals surface area contributed by atoms with Gasteiger partial charge in [-0.3, -0.25) is 0 Å². The molecule has 10 rings (SSSR count). The number of hydrogen-bond acceptors (Lipinski definition) is 2. The molecule has 0 atom stereocenters. The number of hydrogen-bond donors (Lipinski definition) is 0. The van der Waals surface area contributed by atoms with Crippen molar-refractivity contribution in [2.24, 2.45) is 0 Å². The molecule has 0 unspecified atom stereocenters. The Balaban J connectivity index is 1.23. The van der Waals surface area contributed by atoms with Crippen LogP contribution in [0.3, 0.4) is 0 Å². The van der Waals surface area contributed by atoms with Gasteiger partial charge in [0.25, 0.3) is 0 Å². The molecule has 2 heterocycles. The highest BCUT2D eigenvalue weighted by molar-refractivity contribution is 7.25. The zero-order valence-corrected chi connectivity index (χ0v) is 27.4. The largest absolute Gasteiger partial charge is 0.310 e. The Morgan fingerprint density at radius 3 is 2.00 bits per heavy atom. The van der Waals surface area contributed by atoms with Gasteiger partial charge in [0.15, 0.2) is 0 Å². The van der Waals surface area contributed by atoms with Gasteiger partial charge >= 0.3 is 0 Å². The number of nitrogens with zero attached hydrogens (tertiary/aromatic N) is 2. The third-order valence-electron chi connectivity index (χ3n) is 9.75. The summed E-state index contributed by atoms with van der Waals surface area (Å²) in [5.74, 6) is 0. The molecule has 49 heavy (non-hydrogen) atoms. The molecule has 0 amide bonds. The Bertz CT molecular complexity index is 2840. The maximum atomic E-state index is 2.45. The first-order valence-electron chi connectivity index (χ1n) is 16.7. The highest BCUT2D eigenvalue weighted by atomic mass is 32.1. The van der Waals surface area contributed by atoms with E-state index in [4.69, 9.17) is 0 Å². The first kappa shape index (κ1) is 27.9. The quantitative estimate of drug-likeness (QED) is 0.181. The van der Waals surface area contributed by atoms with Crippen LogP contribution in [0.2, 0.25) is 0 Å². The predicted molar refractivity (Wildman–Crippen MR) is 211 cm³/mol. The molecule has 2 nitrogen and oxygen atoms in total. The van der Waals surface area contributed by atoms with Crippen LogP contribution in [0.4, 0.5) is 17.1 Å². The Kier molecular flexibility index (Phi) is 6.39. The van der Waals surface area contributed by atoms with Crippen LogP contribution in [-0.2, 0) is 0 Å². The lowest BCUT2D eigenvalue weighted by Crippen LogP contribution is -2.11. The summed E-state index contributed by atoms with van der Waals surface area (Å²) in [6, 6.07) is 66.3. The number of benzene rings is 8. The van der Waals surface area contributed by atoms with Gasteiger partial charge in [-0.25, -0.2) is 0 Å². The first-order valence-corrected chi connectivity index (χ1v) is 17.5. The molecule has 0 spiro atoms. The number of anilines is 3. The van der Waals surface area contributed by atoms with Crippen LogP contribution in [-0.4, -0.2) is 4.57 Å². The van der Waals surface area contributed by atoms with Crippen LogP contribution in [0.15, 0.2) is 182 Å². The van der Waals surface area contributed by atoms with Crippen LogP contribution in [0.1, 0.15) is 0 Å². The van der Waals surface area contributed by atoms with Gasteiger partial charge in [0, 0.05) is 53.6 Å². The van der Waals surface area contributed by atoms with E-state index in [2.05, 4.69) is 191 Å². The van der Waals surface area contributed by atoms with Gasteiger partial charge in [0.2, 0.25) is 0 Å². The minimum atomic E-state index is 1.12. The fourth-order valence-electron chi connectivity index (χ4n) is 7.51. The molecular formula is C46H30N2S. The third-order valence-corrected chi connectivity index (χ3v) is 10.9. The summed E-state index contributed by atoms with van der Waals surface area (Å²) in [6.45, 7) is 0. The minimum Gasteiger partial charge on any atom is -0.310 e. The highest BCUT2D eigenvalue weighted by Gasteiger charge is 2.21. The van der Waals surface area contributed by atoms with E-state index < -0.39 is 0 Å². The Labute approximate surface area is 288 Å². The molecule has 0 bridgehead atoms. The van der Waals surface area contributed by atoms with E-state index >= 15 is 0 Å². The van der Waals surface area contributed by atoms with Crippen LogP contribution >= 0.6 is 11.3 Å². The molecule has 2 aromatic heterocycles. The molecule has 0 aliphatic heterocycles. The van der Waals surface area contributed by atoms with Gasteiger partial charge < -0.3 is 9.47 Å². The lowest BCUT2D eigenvalue weighted by molar-refractivity contribution is 1.18. The fraction of sp³-hybridized carbons (Fsp3) is 0. The normalized spacial score (nSPS) is 11.7. The highest BCUT2D eigenvalue weighted by Crippen LogP contribution is 2.45. The second-order valence-corrected chi connectivity index (χ2v) is 13.7. The van der Waals surface area contributed by atoms with Gasteiger partial charge in [0.1, 0.15) is 0 Å². The number of rotatable bonds is 5. The standard InChI is InChI=1S/C46H30N2S/c1-2-14-34(15-3-1)48-43-20-10-7-17-38(43)41-29-35(25-27-44(41)48)47(36-24-26-40-39-18-8-11-21-45(39)49-46(40)30-36)42-19-9-6-16-37(42)33-23-22-31-12-4-5-13-32(31)28-33/h1-30H. The molecule has 8 aromatic carbocycles. The SMILES string of the molecule is c1ccc(-n2c3ccccc3c3cc(N(c4ccc5c(c4)sc4ccccc45)c4ccccc4-c4ccc5ccccc5c4)ccc32)cc1. The van der Waals surface area contributed by atoms with E-state index in [9.17, 15) is 0 Å². The van der Waals surface area contributed by atoms with Crippen LogP contribution < -0.4 is 4.90 Å². The van der Waals surface area contributed by atoms with Gasteiger partial charge in [-0.05, 0) is 83.1 Å². The lowest BCUT2D eigenvalue weighted by Gasteiger charge is -2.28. The molecule has 10 aromatic rings. The molecular weight excluding hydrogens is 613 g/mol. The second kappa shape index (κ2) is 11.2. The van der Waals surface area contributed by atoms with Crippen molar-refractivity contribution in [2.45, 2.75) is 0 Å². The molecule has 0 saturated heterocycles. The zero-order valence-electron chi connectivity index (χ0n) is 26.6. The van der Waals surface area contributed by atoms with Gasteiger partial charge in [-0.2, -0.15) is 0 Å². The average Bonchev–Trinajstić information content (AvgIpc) is 3.70. The Morgan fingerprint density at radius 1 is 0.408 bits per heavy atom. The van der Waals surface area contributed by atoms with Gasteiger partial charge in [-0.1, -0.05) is 115 Å². The number of fused-ring (bicyclic) bond motifs is 7. The van der Waals surface area contributed by atoms with E-state index in [-0.39, 0.29) is 0 Å². The molecule has 0 aliphatic rings. The van der Waals surface area contributed by atoms with Crippen molar-refractivity contribution in [3.8, 4) is 16.8 Å². The van der Waals surface area contributed by atoms with Crippen LogP contribution in [0, 0.1) is 0 Å². The van der Waals surface area contributed by atoms with Gasteiger partial charge in [-0.15, -0.1) is 11.3 Å². The van der Waals surface area contributed by atoms with E-state index in [1.165, 1.54) is 63.9 Å². The number of aromatic nitrogens is 1. The summed E-state index contributed by atoms with van der Waals surface area (Å²) in [5.41, 5.74) is 9.35. The van der Waals surface area contributed by atoms with Crippen molar-refractivity contribution in [1.82, 2.24) is 4.57 Å². The Hall–Kier alpha value is -6.16. The smallest absolute Gasteiger partial charge is 0.0542 e. The van der Waals surface area contributed by atoms with Crippen LogP contribution in [0.25, 0.3) is 69.6 Å². The molecule has 0 saturated carbocycles. The minimum absolute atomic E-state index is 1.12. The van der Waals surface area contributed by atoms with E-state index in [1.807, 2.05) is 11.3 Å². The number of thiophene rings is 1. The second-order valence-electron chi connectivity index (χ2n) is 12.6. The molecule has 0 fully saturated rings. The topological polar surface area (TPSA) is 8.17 Å². The van der Waals surface area contributed by atoms with Crippen molar-refractivity contribution in [3.05, 3.63) is 182 Å². The van der Waals surface area contributed by atoms with Crippen LogP contribution in [0.5, 0.6) is 0 Å². The first-order chi connectivity index (χ1) is 24.3. The summed E-state index contributed by atoms with van der Waals surface area (Å²) in [7, 11) is 0. The van der Waals surface area contributed by atoms with Crippen molar-refractivity contribution >= 4 is 81.1 Å². The van der Waals surface area contributed by atoms with Gasteiger partial charge in [0.05, 0.1) is 16.7 Å². The molecule has 0 radical (unpaired) electrons. The summed E-state index contributed by atoms with van der Waals surface area (Å²) in [6.07, 6.45) is 0. The van der Waals surface area contributed by atoms with Crippen molar-refractivity contribution in [2.75, 3.05) is 4.90 Å². The lowest BCUT2D eigenvalue weighted by atomic mass is 9.98. The summed E-state index contributed by atoms with van der Waals surface area (Å²) >= 11 is 1.86. The van der Waals surface area contributed by atoms with E-state index in [1.54, 1.807) is 0 Å².